The highest BCUT2D eigenvalue weighted by Gasteiger charge is 2.16. The molecule has 32 heavy (non-hydrogen) atoms. The Kier molecular flexibility index (Phi) is 6.55. The fraction of sp³-hybridized carbons (Fsp3) is 0.320. The third-order valence-electron chi connectivity index (χ3n) is 4.93. The van der Waals surface area contributed by atoms with Crippen LogP contribution in [0.3, 0.4) is 0 Å². The second-order valence-corrected chi connectivity index (χ2v) is 8.79. The molecule has 0 radical (unpaired) electrons. The van der Waals surface area contributed by atoms with Gasteiger partial charge in [0.05, 0.1) is 29.4 Å². The van der Waals surface area contributed by atoms with Crippen molar-refractivity contribution < 1.29 is 9.47 Å². The summed E-state index contributed by atoms with van der Waals surface area (Å²) in [5, 5.41) is 7.52. The molecule has 0 saturated heterocycles. The first-order chi connectivity index (χ1) is 15.5. The first-order valence-corrected chi connectivity index (χ1v) is 11.8. The highest BCUT2D eigenvalue weighted by atomic mass is 32.1. The van der Waals surface area contributed by atoms with Crippen molar-refractivity contribution in [1.82, 2.24) is 15.0 Å². The van der Waals surface area contributed by atoms with Gasteiger partial charge in [-0.15, -0.1) is 11.3 Å². The largest absolute Gasteiger partial charge is 0.490 e. The average Bonchev–Trinajstić information content (AvgIpc) is 3.21. The molecule has 2 aromatic carbocycles. The van der Waals surface area contributed by atoms with E-state index in [1.165, 1.54) is 0 Å². The predicted octanol–water partition coefficient (Wildman–Crippen LogP) is 6.73. The fourth-order valence-electron chi connectivity index (χ4n) is 3.43. The van der Waals surface area contributed by atoms with Gasteiger partial charge in [0, 0.05) is 34.0 Å². The van der Waals surface area contributed by atoms with Gasteiger partial charge in [-0.05, 0) is 39.0 Å². The Balaban J connectivity index is 1.81. The smallest absolute Gasteiger partial charge is 0.163 e. The van der Waals surface area contributed by atoms with Crippen molar-refractivity contribution >= 4 is 33.7 Å². The number of thiazole rings is 1. The van der Waals surface area contributed by atoms with Crippen LogP contribution in [0.1, 0.15) is 44.4 Å². The van der Waals surface area contributed by atoms with Gasteiger partial charge >= 0.3 is 0 Å². The molecular formula is C25H28N4O2S. The molecule has 4 rings (SSSR count). The molecule has 0 atom stereocenters. The van der Waals surface area contributed by atoms with Crippen molar-refractivity contribution in [3.05, 3.63) is 52.6 Å². The van der Waals surface area contributed by atoms with Gasteiger partial charge in [0.1, 0.15) is 11.6 Å². The Morgan fingerprint density at radius 2 is 1.72 bits per heavy atom. The molecule has 0 aliphatic heterocycles. The topological polar surface area (TPSA) is 69.2 Å². The first-order valence-electron chi connectivity index (χ1n) is 10.9. The number of anilines is 2. The van der Waals surface area contributed by atoms with Crippen LogP contribution in [0.15, 0.2) is 41.8 Å². The molecule has 4 aromatic rings. The minimum Gasteiger partial charge on any atom is -0.490 e. The van der Waals surface area contributed by atoms with Gasteiger partial charge in [-0.1, -0.05) is 26.0 Å². The molecule has 0 unspecified atom stereocenters. The summed E-state index contributed by atoms with van der Waals surface area (Å²) in [4.78, 5) is 14.3. The molecule has 0 bridgehead atoms. The van der Waals surface area contributed by atoms with Crippen LogP contribution < -0.4 is 14.8 Å². The van der Waals surface area contributed by atoms with Gasteiger partial charge in [0.15, 0.2) is 11.5 Å². The summed E-state index contributed by atoms with van der Waals surface area (Å²) in [6, 6.07) is 12.1. The monoisotopic (exact) mass is 448 g/mol. The lowest BCUT2D eigenvalue weighted by molar-refractivity contribution is 0.288. The molecule has 7 heteroatoms. The SMILES string of the molecule is CCOc1cc2nc(C(C)C)nc(Nc3cccc(-c4csc(C)n4)c3)c2cc1OCC. The molecule has 0 aliphatic rings. The molecule has 166 valence electrons. The molecule has 2 heterocycles. The van der Waals surface area contributed by atoms with E-state index in [0.29, 0.717) is 24.7 Å². The molecule has 1 N–H and O–H groups in total. The van der Waals surface area contributed by atoms with Gasteiger partial charge in [-0.2, -0.15) is 0 Å². The van der Waals surface area contributed by atoms with Crippen LogP contribution in [0, 0.1) is 6.92 Å². The van der Waals surface area contributed by atoms with Crippen LogP contribution in [0.25, 0.3) is 22.2 Å². The van der Waals surface area contributed by atoms with Gasteiger partial charge in [0.25, 0.3) is 0 Å². The third-order valence-corrected chi connectivity index (χ3v) is 5.71. The second kappa shape index (κ2) is 9.53. The number of aryl methyl sites for hydroxylation is 1. The zero-order chi connectivity index (χ0) is 22.7. The third kappa shape index (κ3) is 4.67. The average molecular weight is 449 g/mol. The highest BCUT2D eigenvalue weighted by Crippen LogP contribution is 2.36. The minimum atomic E-state index is 0.186. The van der Waals surface area contributed by atoms with E-state index in [1.807, 2.05) is 45.0 Å². The summed E-state index contributed by atoms with van der Waals surface area (Å²) < 4.78 is 11.7. The molecule has 0 amide bonds. The van der Waals surface area contributed by atoms with E-state index in [0.717, 1.165) is 44.5 Å². The number of hydrogen-bond donors (Lipinski definition) is 1. The molecule has 6 nitrogen and oxygen atoms in total. The lowest BCUT2D eigenvalue weighted by Crippen LogP contribution is -2.05. The van der Waals surface area contributed by atoms with Crippen LogP contribution in [0.4, 0.5) is 11.5 Å². The van der Waals surface area contributed by atoms with E-state index in [4.69, 9.17) is 19.4 Å². The summed E-state index contributed by atoms with van der Waals surface area (Å²) in [7, 11) is 0. The van der Waals surface area contributed by atoms with E-state index < -0.39 is 0 Å². The first kappa shape index (κ1) is 22.0. The Labute approximate surface area is 192 Å². The van der Waals surface area contributed by atoms with Crippen molar-refractivity contribution in [2.24, 2.45) is 0 Å². The molecule has 0 aliphatic carbocycles. The fourth-order valence-corrected chi connectivity index (χ4v) is 4.06. The summed E-state index contributed by atoms with van der Waals surface area (Å²) >= 11 is 1.65. The summed E-state index contributed by atoms with van der Waals surface area (Å²) in [5.74, 6) is 3.10. The van der Waals surface area contributed by atoms with Crippen LogP contribution >= 0.6 is 11.3 Å². The van der Waals surface area contributed by atoms with Crippen LogP contribution in [-0.4, -0.2) is 28.2 Å². The van der Waals surface area contributed by atoms with E-state index in [9.17, 15) is 0 Å². The highest BCUT2D eigenvalue weighted by molar-refractivity contribution is 7.09. The van der Waals surface area contributed by atoms with Crippen molar-refractivity contribution in [1.29, 1.82) is 0 Å². The van der Waals surface area contributed by atoms with Gasteiger partial charge in [-0.25, -0.2) is 15.0 Å². The zero-order valence-electron chi connectivity index (χ0n) is 19.1. The van der Waals surface area contributed by atoms with Crippen LogP contribution in [0.2, 0.25) is 0 Å². The van der Waals surface area contributed by atoms with Gasteiger partial charge in [-0.3, -0.25) is 0 Å². The normalized spacial score (nSPS) is 11.2. The van der Waals surface area contributed by atoms with E-state index in [2.05, 4.69) is 41.7 Å². The molecular weight excluding hydrogens is 420 g/mol. The summed E-state index contributed by atoms with van der Waals surface area (Å²) in [6.07, 6.45) is 0. The maximum absolute atomic E-state index is 5.84. The molecule has 0 spiro atoms. The quantitative estimate of drug-likeness (QED) is 0.322. The maximum atomic E-state index is 5.84. The number of fused-ring (bicyclic) bond motifs is 1. The van der Waals surface area contributed by atoms with Crippen LogP contribution in [0.5, 0.6) is 11.5 Å². The van der Waals surface area contributed by atoms with Gasteiger partial charge in [0.2, 0.25) is 0 Å². The summed E-state index contributed by atoms with van der Waals surface area (Å²) in [5.41, 5.74) is 3.81. The lowest BCUT2D eigenvalue weighted by Gasteiger charge is -2.16. The number of rotatable bonds is 8. The van der Waals surface area contributed by atoms with E-state index >= 15 is 0 Å². The van der Waals surface area contributed by atoms with Crippen molar-refractivity contribution in [3.8, 4) is 22.8 Å². The molecule has 0 saturated carbocycles. The minimum absolute atomic E-state index is 0.186. The Morgan fingerprint density at radius 3 is 2.38 bits per heavy atom. The Morgan fingerprint density at radius 1 is 0.969 bits per heavy atom. The number of nitrogens with one attached hydrogen (secondary N) is 1. The Hall–Kier alpha value is -3.19. The van der Waals surface area contributed by atoms with Crippen molar-refractivity contribution in [2.75, 3.05) is 18.5 Å². The Bertz CT molecular complexity index is 1240. The number of hydrogen-bond acceptors (Lipinski definition) is 7. The number of nitrogens with zero attached hydrogens (tertiary/aromatic N) is 3. The molecule has 0 fully saturated rings. The van der Waals surface area contributed by atoms with Crippen molar-refractivity contribution in [2.45, 2.75) is 40.5 Å². The second-order valence-electron chi connectivity index (χ2n) is 7.72. The molecule has 2 aromatic heterocycles. The van der Waals surface area contributed by atoms with Gasteiger partial charge < -0.3 is 14.8 Å². The van der Waals surface area contributed by atoms with Crippen molar-refractivity contribution in [3.63, 3.8) is 0 Å². The van der Waals surface area contributed by atoms with E-state index in [-0.39, 0.29) is 5.92 Å². The number of benzene rings is 2. The standard InChI is InChI=1S/C25H28N4O2S/c1-6-30-22-12-19-20(13-23(22)31-7-2)28-24(15(3)4)29-25(19)27-18-10-8-9-17(11-18)21-14-32-16(5)26-21/h8-15H,6-7H2,1-5H3,(H,27,28,29). The van der Waals surface area contributed by atoms with Crippen LogP contribution in [-0.2, 0) is 0 Å². The van der Waals surface area contributed by atoms with E-state index in [1.54, 1.807) is 11.3 Å². The zero-order valence-corrected chi connectivity index (χ0v) is 19.9. The maximum Gasteiger partial charge on any atom is 0.163 e. The summed E-state index contributed by atoms with van der Waals surface area (Å²) in [6.45, 7) is 11.2. The number of ether oxygens (including phenoxy) is 2. The number of aromatic nitrogens is 3. The lowest BCUT2D eigenvalue weighted by atomic mass is 10.1. The predicted molar refractivity (Wildman–Crippen MR) is 132 cm³/mol.